The van der Waals surface area contributed by atoms with Crippen molar-refractivity contribution in [2.24, 2.45) is 0 Å². The quantitative estimate of drug-likeness (QED) is 0.784. The molecular weight excluding hydrogens is 314 g/mol. The fraction of sp³-hybridized carbons (Fsp3) is 0.235. The normalized spacial score (nSPS) is 10.4. The topological polar surface area (TPSA) is 20.3 Å². The highest BCUT2D eigenvalue weighted by atomic mass is 79.9. The maximum Gasteiger partial charge on any atom is 0.258 e. The molecule has 3 heteroatoms. The van der Waals surface area contributed by atoms with Gasteiger partial charge in [-0.1, -0.05) is 29.8 Å². The van der Waals surface area contributed by atoms with Crippen LogP contribution in [0.1, 0.15) is 27.0 Å². The molecule has 0 saturated heterocycles. The molecule has 0 radical (unpaired) electrons. The molecular formula is C17H18BrNO. The van der Waals surface area contributed by atoms with Crippen molar-refractivity contribution in [3.05, 3.63) is 63.1 Å². The number of aryl methyl sites for hydroxylation is 3. The Morgan fingerprint density at radius 3 is 2.15 bits per heavy atom. The van der Waals surface area contributed by atoms with E-state index in [1.807, 2.05) is 57.2 Å². The number of rotatable bonds is 2. The van der Waals surface area contributed by atoms with Gasteiger partial charge in [0.2, 0.25) is 0 Å². The van der Waals surface area contributed by atoms with Gasteiger partial charge in [-0.3, -0.25) is 4.79 Å². The predicted octanol–water partition coefficient (Wildman–Crippen LogP) is 4.65. The van der Waals surface area contributed by atoms with Crippen molar-refractivity contribution in [2.75, 3.05) is 11.9 Å². The number of hydrogen-bond donors (Lipinski definition) is 0. The van der Waals surface area contributed by atoms with Gasteiger partial charge in [-0.25, -0.2) is 0 Å². The van der Waals surface area contributed by atoms with E-state index >= 15 is 0 Å². The minimum Gasteiger partial charge on any atom is -0.310 e. The van der Waals surface area contributed by atoms with Crippen LogP contribution in [0.5, 0.6) is 0 Å². The number of carbonyl (C=O) groups excluding carboxylic acids is 1. The van der Waals surface area contributed by atoms with Gasteiger partial charge in [0.1, 0.15) is 0 Å². The van der Waals surface area contributed by atoms with E-state index in [9.17, 15) is 4.79 Å². The molecule has 0 fully saturated rings. The first kappa shape index (κ1) is 14.8. The zero-order chi connectivity index (χ0) is 14.9. The Kier molecular flexibility index (Phi) is 4.29. The van der Waals surface area contributed by atoms with Gasteiger partial charge in [0.25, 0.3) is 5.91 Å². The molecule has 2 rings (SSSR count). The van der Waals surface area contributed by atoms with Crippen molar-refractivity contribution in [3.63, 3.8) is 0 Å². The fourth-order valence-electron chi connectivity index (χ4n) is 2.52. The third-order valence-corrected chi connectivity index (χ3v) is 4.08. The average molecular weight is 332 g/mol. The summed E-state index contributed by atoms with van der Waals surface area (Å²) in [6.45, 7) is 6.02. The molecule has 0 heterocycles. The fourth-order valence-corrected chi connectivity index (χ4v) is 3.07. The van der Waals surface area contributed by atoms with Gasteiger partial charge in [0.05, 0.1) is 5.69 Å². The Bertz CT molecular complexity index is 641. The van der Waals surface area contributed by atoms with Gasteiger partial charge in [-0.15, -0.1) is 0 Å². The third-order valence-electron chi connectivity index (χ3n) is 3.41. The van der Waals surface area contributed by atoms with Crippen molar-refractivity contribution in [3.8, 4) is 0 Å². The molecule has 104 valence electrons. The van der Waals surface area contributed by atoms with E-state index in [2.05, 4.69) is 15.9 Å². The molecule has 2 nitrogen and oxygen atoms in total. The van der Waals surface area contributed by atoms with Crippen LogP contribution in [0, 0.1) is 20.8 Å². The lowest BCUT2D eigenvalue weighted by atomic mass is 9.98. The number of carbonyl (C=O) groups is 1. The maximum atomic E-state index is 12.8. The molecule has 0 unspecified atom stereocenters. The number of nitrogens with zero attached hydrogens (tertiary/aromatic N) is 1. The van der Waals surface area contributed by atoms with Gasteiger partial charge in [0, 0.05) is 17.1 Å². The second kappa shape index (κ2) is 5.80. The predicted molar refractivity (Wildman–Crippen MR) is 87.5 cm³/mol. The molecule has 0 spiro atoms. The Morgan fingerprint density at radius 2 is 1.60 bits per heavy atom. The first-order valence-electron chi connectivity index (χ1n) is 6.52. The highest BCUT2D eigenvalue weighted by Crippen LogP contribution is 2.27. The van der Waals surface area contributed by atoms with E-state index in [1.54, 1.807) is 11.9 Å². The summed E-state index contributed by atoms with van der Waals surface area (Å²) in [6, 6.07) is 11.8. The lowest BCUT2D eigenvalue weighted by Gasteiger charge is -2.21. The number of amides is 1. The van der Waals surface area contributed by atoms with Gasteiger partial charge in [0.15, 0.2) is 0 Å². The summed E-state index contributed by atoms with van der Waals surface area (Å²) in [4.78, 5) is 14.4. The van der Waals surface area contributed by atoms with Crippen LogP contribution < -0.4 is 4.90 Å². The first-order chi connectivity index (χ1) is 9.41. The van der Waals surface area contributed by atoms with Crippen molar-refractivity contribution in [1.29, 1.82) is 0 Å². The molecule has 0 aliphatic rings. The summed E-state index contributed by atoms with van der Waals surface area (Å²) in [5.41, 5.74) is 4.88. The molecule has 2 aromatic carbocycles. The van der Waals surface area contributed by atoms with Crippen molar-refractivity contribution in [1.82, 2.24) is 0 Å². The molecule has 0 aliphatic heterocycles. The Labute approximate surface area is 128 Å². The van der Waals surface area contributed by atoms with Crippen molar-refractivity contribution in [2.45, 2.75) is 20.8 Å². The van der Waals surface area contributed by atoms with Crippen LogP contribution in [-0.2, 0) is 0 Å². The lowest BCUT2D eigenvalue weighted by Crippen LogP contribution is -2.28. The summed E-state index contributed by atoms with van der Waals surface area (Å²) < 4.78 is 0.915. The Morgan fingerprint density at radius 1 is 1.05 bits per heavy atom. The van der Waals surface area contributed by atoms with Gasteiger partial charge < -0.3 is 4.90 Å². The first-order valence-corrected chi connectivity index (χ1v) is 7.31. The molecule has 20 heavy (non-hydrogen) atoms. The Hall–Kier alpha value is -1.61. The van der Waals surface area contributed by atoms with Gasteiger partial charge in [-0.05, 0) is 60.0 Å². The number of anilines is 1. The van der Waals surface area contributed by atoms with E-state index in [0.29, 0.717) is 0 Å². The molecule has 0 aliphatic carbocycles. The molecule has 0 bridgehead atoms. The van der Waals surface area contributed by atoms with E-state index in [0.717, 1.165) is 26.9 Å². The Balaban J connectivity index is 2.45. The maximum absolute atomic E-state index is 12.8. The molecule has 0 aromatic heterocycles. The zero-order valence-electron chi connectivity index (χ0n) is 12.2. The highest BCUT2D eigenvalue weighted by molar-refractivity contribution is 9.10. The van der Waals surface area contributed by atoms with Crippen LogP contribution in [-0.4, -0.2) is 13.0 Å². The summed E-state index contributed by atoms with van der Waals surface area (Å²) in [7, 11) is 1.81. The van der Waals surface area contributed by atoms with Crippen LogP contribution in [0.2, 0.25) is 0 Å². The molecule has 0 N–H and O–H groups in total. The second-order valence-electron chi connectivity index (χ2n) is 5.09. The summed E-state index contributed by atoms with van der Waals surface area (Å²) in [5.74, 6) is 0.0203. The van der Waals surface area contributed by atoms with E-state index in [4.69, 9.17) is 0 Å². The van der Waals surface area contributed by atoms with Gasteiger partial charge in [-0.2, -0.15) is 0 Å². The summed E-state index contributed by atoms with van der Waals surface area (Å²) in [6.07, 6.45) is 0. The van der Waals surface area contributed by atoms with Crippen molar-refractivity contribution >= 4 is 27.5 Å². The number of hydrogen-bond acceptors (Lipinski definition) is 1. The third kappa shape index (κ3) is 2.78. The summed E-state index contributed by atoms with van der Waals surface area (Å²) in [5, 5.41) is 0. The number of halogens is 1. The van der Waals surface area contributed by atoms with E-state index in [1.165, 1.54) is 5.56 Å². The minimum absolute atomic E-state index is 0.0203. The standard InChI is InChI=1S/C17H18BrNO/c1-11-9-12(2)16(13(3)10-11)17(20)19(4)15-8-6-5-7-14(15)18/h5-10H,1-4H3. The molecule has 2 aromatic rings. The van der Waals surface area contributed by atoms with Gasteiger partial charge >= 0.3 is 0 Å². The number of para-hydroxylation sites is 1. The van der Waals surface area contributed by atoms with Crippen LogP contribution in [0.15, 0.2) is 40.9 Å². The number of benzene rings is 2. The smallest absolute Gasteiger partial charge is 0.258 e. The van der Waals surface area contributed by atoms with Crippen LogP contribution >= 0.6 is 15.9 Å². The lowest BCUT2D eigenvalue weighted by molar-refractivity contribution is 0.0991. The second-order valence-corrected chi connectivity index (χ2v) is 5.94. The molecule has 0 atom stereocenters. The van der Waals surface area contributed by atoms with Crippen LogP contribution in [0.4, 0.5) is 5.69 Å². The summed E-state index contributed by atoms with van der Waals surface area (Å²) >= 11 is 3.49. The van der Waals surface area contributed by atoms with E-state index in [-0.39, 0.29) is 5.91 Å². The van der Waals surface area contributed by atoms with Crippen LogP contribution in [0.3, 0.4) is 0 Å². The van der Waals surface area contributed by atoms with Crippen molar-refractivity contribution < 1.29 is 4.79 Å². The zero-order valence-corrected chi connectivity index (χ0v) is 13.8. The monoisotopic (exact) mass is 331 g/mol. The molecule has 1 amide bonds. The highest BCUT2D eigenvalue weighted by Gasteiger charge is 2.19. The van der Waals surface area contributed by atoms with Crippen LogP contribution in [0.25, 0.3) is 0 Å². The SMILES string of the molecule is Cc1cc(C)c(C(=O)N(C)c2ccccc2Br)c(C)c1. The minimum atomic E-state index is 0.0203. The molecule has 0 saturated carbocycles. The largest absolute Gasteiger partial charge is 0.310 e. The average Bonchev–Trinajstić information content (AvgIpc) is 2.37. The van der Waals surface area contributed by atoms with E-state index < -0.39 is 0 Å².